The first kappa shape index (κ1) is 9.79. The number of hydrogen-bond acceptors (Lipinski definition) is 2. The van der Waals surface area contributed by atoms with E-state index in [0.29, 0.717) is 6.42 Å². The first-order chi connectivity index (χ1) is 7.31. The maximum absolute atomic E-state index is 11.7. The third-order valence-corrected chi connectivity index (χ3v) is 2.56. The van der Waals surface area contributed by atoms with Crippen LogP contribution in [0.3, 0.4) is 0 Å². The molecular weight excluding hydrogens is 186 g/mol. The molecule has 0 amide bonds. The monoisotopic (exact) mass is 199 g/mol. The van der Waals surface area contributed by atoms with E-state index in [4.69, 9.17) is 0 Å². The Hall–Kier alpha value is -1.75. The summed E-state index contributed by atoms with van der Waals surface area (Å²) in [5, 5.41) is 3.27. The van der Waals surface area contributed by atoms with E-state index < -0.39 is 0 Å². The normalized spacial score (nSPS) is 12.3. The second-order valence-corrected chi connectivity index (χ2v) is 3.58. The highest BCUT2D eigenvalue weighted by molar-refractivity contribution is 5.98. The topological polar surface area (TPSA) is 29.1 Å². The Bertz CT molecular complexity index is 451. The quantitative estimate of drug-likeness (QED) is 0.584. The molecule has 76 valence electrons. The maximum Gasteiger partial charge on any atom is 0.174 e. The van der Waals surface area contributed by atoms with Crippen molar-refractivity contribution in [3.63, 3.8) is 0 Å². The molecule has 0 saturated carbocycles. The summed E-state index contributed by atoms with van der Waals surface area (Å²) in [5.41, 5.74) is 3.18. The van der Waals surface area contributed by atoms with Gasteiger partial charge in [-0.15, -0.1) is 5.92 Å². The van der Waals surface area contributed by atoms with Crippen molar-refractivity contribution in [1.29, 1.82) is 0 Å². The van der Waals surface area contributed by atoms with E-state index in [1.165, 1.54) is 5.56 Å². The molecule has 15 heavy (non-hydrogen) atoms. The van der Waals surface area contributed by atoms with Crippen LogP contribution in [0.15, 0.2) is 18.2 Å². The van der Waals surface area contributed by atoms with E-state index in [0.717, 1.165) is 24.2 Å². The summed E-state index contributed by atoms with van der Waals surface area (Å²) in [4.78, 5) is 11.7. The second-order valence-electron chi connectivity index (χ2n) is 3.58. The molecule has 1 aliphatic heterocycles. The lowest BCUT2D eigenvalue weighted by Crippen LogP contribution is -1.98. The highest BCUT2D eigenvalue weighted by Crippen LogP contribution is 2.23. The summed E-state index contributed by atoms with van der Waals surface area (Å²) in [7, 11) is 0. The van der Waals surface area contributed by atoms with E-state index >= 15 is 0 Å². The first-order valence-corrected chi connectivity index (χ1v) is 5.11. The molecule has 1 N–H and O–H groups in total. The molecule has 2 nitrogen and oxygen atoms in total. The zero-order valence-corrected chi connectivity index (χ0v) is 8.76. The van der Waals surface area contributed by atoms with E-state index in [-0.39, 0.29) is 5.78 Å². The van der Waals surface area contributed by atoms with Crippen LogP contribution in [0.25, 0.3) is 0 Å². The van der Waals surface area contributed by atoms with Crippen molar-refractivity contribution in [2.24, 2.45) is 0 Å². The Balaban J connectivity index is 2.21. The van der Waals surface area contributed by atoms with Gasteiger partial charge in [0.15, 0.2) is 5.78 Å². The summed E-state index contributed by atoms with van der Waals surface area (Å²) in [6.45, 7) is 2.72. The number of rotatable bonds is 2. The van der Waals surface area contributed by atoms with Crippen LogP contribution in [-0.4, -0.2) is 12.3 Å². The summed E-state index contributed by atoms with van der Waals surface area (Å²) < 4.78 is 0. The molecule has 0 unspecified atom stereocenters. The first-order valence-electron chi connectivity index (χ1n) is 5.11. The SMILES string of the molecule is CC#CCC(=O)c1ccc2c(c1)CCN2. The highest BCUT2D eigenvalue weighted by atomic mass is 16.1. The van der Waals surface area contributed by atoms with Crippen LogP contribution < -0.4 is 5.32 Å². The Morgan fingerprint density at radius 2 is 2.40 bits per heavy atom. The Morgan fingerprint density at radius 1 is 1.53 bits per heavy atom. The highest BCUT2D eigenvalue weighted by Gasteiger charge is 2.12. The number of fused-ring (bicyclic) bond motifs is 1. The van der Waals surface area contributed by atoms with E-state index in [2.05, 4.69) is 17.2 Å². The van der Waals surface area contributed by atoms with Crippen LogP contribution in [0, 0.1) is 11.8 Å². The number of carbonyl (C=O) groups excluding carboxylic acids is 1. The van der Waals surface area contributed by atoms with Gasteiger partial charge in [0.05, 0.1) is 6.42 Å². The molecule has 0 saturated heterocycles. The van der Waals surface area contributed by atoms with E-state index in [1.54, 1.807) is 6.92 Å². The minimum atomic E-state index is 0.110. The number of benzene rings is 1. The standard InChI is InChI=1S/C13H13NO/c1-2-3-4-13(15)11-5-6-12-10(9-11)7-8-14-12/h5-6,9,14H,4,7-8H2,1H3. The van der Waals surface area contributed by atoms with Gasteiger partial charge in [-0.2, -0.15) is 0 Å². The minimum Gasteiger partial charge on any atom is -0.384 e. The van der Waals surface area contributed by atoms with Crippen molar-refractivity contribution in [2.45, 2.75) is 19.8 Å². The maximum atomic E-state index is 11.7. The lowest BCUT2D eigenvalue weighted by atomic mass is 10.0. The van der Waals surface area contributed by atoms with Gasteiger partial charge in [0.1, 0.15) is 0 Å². The van der Waals surface area contributed by atoms with Gasteiger partial charge in [-0.25, -0.2) is 0 Å². The van der Waals surface area contributed by atoms with Gasteiger partial charge < -0.3 is 5.32 Å². The molecule has 1 aromatic carbocycles. The van der Waals surface area contributed by atoms with Crippen LogP contribution in [0.4, 0.5) is 5.69 Å². The number of carbonyl (C=O) groups is 1. The van der Waals surface area contributed by atoms with Crippen LogP contribution >= 0.6 is 0 Å². The summed E-state index contributed by atoms with van der Waals surface area (Å²) in [6, 6.07) is 5.83. The minimum absolute atomic E-state index is 0.110. The molecule has 0 aromatic heterocycles. The van der Waals surface area contributed by atoms with Gasteiger partial charge in [0, 0.05) is 17.8 Å². The number of Topliss-reactive ketones (excluding diaryl/α,β-unsaturated/α-hetero) is 1. The molecule has 1 aliphatic rings. The van der Waals surface area contributed by atoms with Gasteiger partial charge in [-0.05, 0) is 37.1 Å². The molecule has 0 aliphatic carbocycles. The number of anilines is 1. The van der Waals surface area contributed by atoms with Crippen LogP contribution in [0.2, 0.25) is 0 Å². The van der Waals surface area contributed by atoms with Gasteiger partial charge in [0.2, 0.25) is 0 Å². The smallest absolute Gasteiger partial charge is 0.174 e. The molecule has 1 aromatic rings. The predicted octanol–water partition coefficient (Wildman–Crippen LogP) is 2.25. The Morgan fingerprint density at radius 3 is 3.20 bits per heavy atom. The van der Waals surface area contributed by atoms with E-state index in [9.17, 15) is 4.79 Å². The van der Waals surface area contributed by atoms with Crippen LogP contribution in [-0.2, 0) is 6.42 Å². The number of hydrogen-bond donors (Lipinski definition) is 1. The molecule has 0 bridgehead atoms. The van der Waals surface area contributed by atoms with Gasteiger partial charge >= 0.3 is 0 Å². The van der Waals surface area contributed by atoms with Gasteiger partial charge in [-0.3, -0.25) is 4.79 Å². The third-order valence-electron chi connectivity index (χ3n) is 2.56. The fourth-order valence-electron chi connectivity index (χ4n) is 1.75. The van der Waals surface area contributed by atoms with Crippen molar-refractivity contribution < 1.29 is 4.79 Å². The molecule has 1 heterocycles. The molecule has 0 spiro atoms. The van der Waals surface area contributed by atoms with Crippen LogP contribution in [0.5, 0.6) is 0 Å². The molecule has 0 radical (unpaired) electrons. The predicted molar refractivity (Wildman–Crippen MR) is 61.0 cm³/mol. The van der Waals surface area contributed by atoms with Crippen molar-refractivity contribution >= 4 is 11.5 Å². The molecular formula is C13H13NO. The zero-order chi connectivity index (χ0) is 10.7. The average Bonchev–Trinajstić information content (AvgIpc) is 2.72. The van der Waals surface area contributed by atoms with Crippen molar-refractivity contribution in [3.8, 4) is 11.8 Å². The average molecular weight is 199 g/mol. The summed E-state index contributed by atoms with van der Waals surface area (Å²) in [5.74, 6) is 5.65. The van der Waals surface area contributed by atoms with E-state index in [1.807, 2.05) is 18.2 Å². The zero-order valence-electron chi connectivity index (χ0n) is 8.76. The summed E-state index contributed by atoms with van der Waals surface area (Å²) in [6.07, 6.45) is 1.33. The van der Waals surface area contributed by atoms with Crippen LogP contribution in [0.1, 0.15) is 29.3 Å². The lowest BCUT2D eigenvalue weighted by Gasteiger charge is -2.01. The number of nitrogens with one attached hydrogen (secondary N) is 1. The fourth-order valence-corrected chi connectivity index (χ4v) is 1.75. The fraction of sp³-hybridized carbons (Fsp3) is 0.308. The lowest BCUT2D eigenvalue weighted by molar-refractivity contribution is 0.0998. The van der Waals surface area contributed by atoms with Gasteiger partial charge in [0.25, 0.3) is 0 Å². The van der Waals surface area contributed by atoms with Gasteiger partial charge in [-0.1, -0.05) is 5.92 Å². The van der Waals surface area contributed by atoms with Crippen molar-refractivity contribution in [2.75, 3.05) is 11.9 Å². The van der Waals surface area contributed by atoms with Crippen molar-refractivity contribution in [1.82, 2.24) is 0 Å². The molecule has 0 atom stereocenters. The third kappa shape index (κ3) is 2.02. The Labute approximate surface area is 89.7 Å². The molecule has 0 fully saturated rings. The largest absolute Gasteiger partial charge is 0.384 e. The molecule has 2 heteroatoms. The second kappa shape index (κ2) is 4.18. The molecule has 2 rings (SSSR count). The van der Waals surface area contributed by atoms with Crippen molar-refractivity contribution in [3.05, 3.63) is 29.3 Å². The summed E-state index contributed by atoms with van der Waals surface area (Å²) >= 11 is 0. The Kier molecular flexibility index (Phi) is 2.73. The number of ketones is 1.